The normalized spacial score (nSPS) is 16.8. The van der Waals surface area contributed by atoms with Crippen molar-refractivity contribution in [3.8, 4) is 0 Å². The Morgan fingerprint density at radius 2 is 1.62 bits per heavy atom. The van der Waals surface area contributed by atoms with Crippen LogP contribution in [-0.2, 0) is 0 Å². The summed E-state index contributed by atoms with van der Waals surface area (Å²) in [6.45, 7) is 9.03. The first kappa shape index (κ1) is 12.9. The summed E-state index contributed by atoms with van der Waals surface area (Å²) in [6.07, 6.45) is 6.59. The standard InChI is InChI=1S/C7H16N2.C4H10/c8-4-3-7-9-5-1-2-6-9;1-3-4-2/h1-8H2;3-4H2,1-2H3. The molecule has 2 nitrogen and oxygen atoms in total. The molecule has 0 spiro atoms. The highest BCUT2D eigenvalue weighted by Crippen LogP contribution is 2.06. The zero-order valence-electron chi connectivity index (χ0n) is 9.39. The molecular formula is C11H26N2. The Hall–Kier alpha value is -0.0800. The minimum Gasteiger partial charge on any atom is -0.330 e. The molecule has 2 heteroatoms. The predicted octanol–water partition coefficient (Wildman–Crippen LogP) is 2.24. The number of rotatable bonds is 4. The van der Waals surface area contributed by atoms with Crippen LogP contribution in [0.4, 0.5) is 0 Å². The Balaban J connectivity index is 0.000000310. The van der Waals surface area contributed by atoms with Crippen LogP contribution in [0.5, 0.6) is 0 Å². The number of nitrogens with zero attached hydrogens (tertiary/aromatic N) is 1. The Morgan fingerprint density at radius 1 is 1.08 bits per heavy atom. The van der Waals surface area contributed by atoms with Crippen molar-refractivity contribution in [2.45, 2.75) is 46.0 Å². The Morgan fingerprint density at radius 3 is 2.00 bits per heavy atom. The third-order valence-electron chi connectivity index (χ3n) is 2.38. The van der Waals surface area contributed by atoms with Crippen molar-refractivity contribution in [2.75, 3.05) is 26.2 Å². The number of hydrogen-bond donors (Lipinski definition) is 1. The lowest BCUT2D eigenvalue weighted by atomic mass is 10.4. The summed E-state index contributed by atoms with van der Waals surface area (Å²) >= 11 is 0. The van der Waals surface area contributed by atoms with Crippen LogP contribution in [0, 0.1) is 0 Å². The predicted molar refractivity (Wildman–Crippen MR) is 59.9 cm³/mol. The van der Waals surface area contributed by atoms with Gasteiger partial charge in [0.15, 0.2) is 0 Å². The van der Waals surface area contributed by atoms with Gasteiger partial charge in [-0.15, -0.1) is 0 Å². The lowest BCUT2D eigenvalue weighted by Gasteiger charge is -2.12. The summed E-state index contributed by atoms with van der Waals surface area (Å²) in [5, 5.41) is 0. The third-order valence-corrected chi connectivity index (χ3v) is 2.38. The van der Waals surface area contributed by atoms with Crippen LogP contribution in [0.3, 0.4) is 0 Å². The van der Waals surface area contributed by atoms with Gasteiger partial charge >= 0.3 is 0 Å². The minimum atomic E-state index is 0.844. The van der Waals surface area contributed by atoms with Gasteiger partial charge in [-0.05, 0) is 45.4 Å². The van der Waals surface area contributed by atoms with E-state index < -0.39 is 0 Å². The van der Waals surface area contributed by atoms with Crippen LogP contribution in [0.1, 0.15) is 46.0 Å². The quantitative estimate of drug-likeness (QED) is 0.729. The highest BCUT2D eigenvalue weighted by atomic mass is 15.1. The summed E-state index contributed by atoms with van der Waals surface area (Å²) in [4.78, 5) is 2.49. The van der Waals surface area contributed by atoms with Crippen LogP contribution in [0.25, 0.3) is 0 Å². The Bertz CT molecular complexity index is 86.1. The van der Waals surface area contributed by atoms with Crippen LogP contribution in [-0.4, -0.2) is 31.1 Å². The number of unbranched alkanes of at least 4 members (excludes halogenated alkanes) is 1. The number of nitrogens with two attached hydrogens (primary N) is 1. The molecule has 0 saturated carbocycles. The van der Waals surface area contributed by atoms with Gasteiger partial charge in [-0.3, -0.25) is 0 Å². The van der Waals surface area contributed by atoms with Crippen molar-refractivity contribution >= 4 is 0 Å². The molecule has 0 atom stereocenters. The first-order valence-corrected chi connectivity index (χ1v) is 5.77. The van der Waals surface area contributed by atoms with E-state index in [9.17, 15) is 0 Å². The van der Waals surface area contributed by atoms with Crippen molar-refractivity contribution in [3.63, 3.8) is 0 Å². The summed E-state index contributed by atoms with van der Waals surface area (Å²) in [7, 11) is 0. The fraction of sp³-hybridized carbons (Fsp3) is 1.00. The van der Waals surface area contributed by atoms with Crippen molar-refractivity contribution in [1.29, 1.82) is 0 Å². The van der Waals surface area contributed by atoms with Gasteiger partial charge in [0.2, 0.25) is 0 Å². The highest BCUT2D eigenvalue weighted by Gasteiger charge is 2.09. The molecule has 0 aliphatic carbocycles. The first-order valence-electron chi connectivity index (χ1n) is 5.77. The van der Waals surface area contributed by atoms with Crippen molar-refractivity contribution < 1.29 is 0 Å². The first-order chi connectivity index (χ1) is 6.35. The van der Waals surface area contributed by atoms with Gasteiger partial charge in [0.1, 0.15) is 0 Å². The second-order valence-electron chi connectivity index (χ2n) is 3.69. The molecule has 0 radical (unpaired) electrons. The molecule has 1 rings (SSSR count). The average molecular weight is 186 g/mol. The van der Waals surface area contributed by atoms with Gasteiger partial charge < -0.3 is 10.6 Å². The van der Waals surface area contributed by atoms with Gasteiger partial charge in [0, 0.05) is 0 Å². The van der Waals surface area contributed by atoms with E-state index in [4.69, 9.17) is 5.73 Å². The maximum absolute atomic E-state index is 5.38. The second-order valence-corrected chi connectivity index (χ2v) is 3.69. The van der Waals surface area contributed by atoms with Crippen molar-refractivity contribution in [1.82, 2.24) is 4.90 Å². The van der Waals surface area contributed by atoms with Crippen LogP contribution in [0.15, 0.2) is 0 Å². The Kier molecular flexibility index (Phi) is 9.94. The third kappa shape index (κ3) is 8.26. The van der Waals surface area contributed by atoms with Crippen LogP contribution >= 0.6 is 0 Å². The zero-order valence-corrected chi connectivity index (χ0v) is 9.39. The monoisotopic (exact) mass is 186 g/mol. The smallest absolute Gasteiger partial charge is 0.000672 e. The molecule has 0 aromatic rings. The van der Waals surface area contributed by atoms with Crippen LogP contribution < -0.4 is 5.73 Å². The molecule has 0 unspecified atom stereocenters. The van der Waals surface area contributed by atoms with E-state index in [-0.39, 0.29) is 0 Å². The van der Waals surface area contributed by atoms with Crippen LogP contribution in [0.2, 0.25) is 0 Å². The average Bonchev–Trinajstić information content (AvgIpc) is 2.67. The lowest BCUT2D eigenvalue weighted by molar-refractivity contribution is 0.336. The van der Waals surface area contributed by atoms with Gasteiger partial charge in [0.05, 0.1) is 0 Å². The maximum Gasteiger partial charge on any atom is -0.000672 e. The second kappa shape index (κ2) is 10.0. The van der Waals surface area contributed by atoms with E-state index in [1.54, 1.807) is 0 Å². The van der Waals surface area contributed by atoms with E-state index in [1.165, 1.54) is 51.7 Å². The fourth-order valence-corrected chi connectivity index (χ4v) is 1.32. The fourth-order valence-electron chi connectivity index (χ4n) is 1.32. The van der Waals surface area contributed by atoms with Crippen molar-refractivity contribution in [3.05, 3.63) is 0 Å². The summed E-state index contributed by atoms with van der Waals surface area (Å²) in [5.74, 6) is 0. The molecule has 1 aliphatic heterocycles. The molecular weight excluding hydrogens is 160 g/mol. The number of likely N-dealkylation sites (tertiary alicyclic amines) is 1. The van der Waals surface area contributed by atoms with Gasteiger partial charge in [-0.25, -0.2) is 0 Å². The van der Waals surface area contributed by atoms with Gasteiger partial charge in [-0.1, -0.05) is 26.7 Å². The van der Waals surface area contributed by atoms with E-state index in [1.807, 2.05) is 0 Å². The molecule has 1 saturated heterocycles. The van der Waals surface area contributed by atoms with E-state index in [0.717, 1.165) is 6.54 Å². The summed E-state index contributed by atoms with van der Waals surface area (Å²) < 4.78 is 0. The molecule has 0 aromatic carbocycles. The minimum absolute atomic E-state index is 0.844. The largest absolute Gasteiger partial charge is 0.330 e. The molecule has 0 aromatic heterocycles. The molecule has 13 heavy (non-hydrogen) atoms. The molecule has 1 heterocycles. The van der Waals surface area contributed by atoms with Gasteiger partial charge in [-0.2, -0.15) is 0 Å². The van der Waals surface area contributed by atoms with Gasteiger partial charge in [0.25, 0.3) is 0 Å². The molecule has 2 N–H and O–H groups in total. The summed E-state index contributed by atoms with van der Waals surface area (Å²) in [5.41, 5.74) is 5.38. The van der Waals surface area contributed by atoms with E-state index in [0.29, 0.717) is 0 Å². The van der Waals surface area contributed by atoms with E-state index in [2.05, 4.69) is 18.7 Å². The lowest BCUT2D eigenvalue weighted by Crippen LogP contribution is -2.22. The zero-order chi connectivity index (χ0) is 9.94. The SMILES string of the molecule is CCCC.NCCCN1CCCC1. The molecule has 0 amide bonds. The molecule has 80 valence electrons. The molecule has 1 fully saturated rings. The maximum atomic E-state index is 5.38. The van der Waals surface area contributed by atoms with Crippen molar-refractivity contribution in [2.24, 2.45) is 5.73 Å². The van der Waals surface area contributed by atoms with E-state index >= 15 is 0 Å². The Labute approximate surface area is 83.5 Å². The highest BCUT2D eigenvalue weighted by molar-refractivity contribution is 4.65. The number of hydrogen-bond acceptors (Lipinski definition) is 2. The topological polar surface area (TPSA) is 29.3 Å². The molecule has 1 aliphatic rings. The molecule has 0 bridgehead atoms. The summed E-state index contributed by atoms with van der Waals surface area (Å²) in [6, 6.07) is 0.